The molecule has 0 saturated carbocycles. The molecule has 18 heavy (non-hydrogen) atoms. The molecule has 0 aliphatic heterocycles. The number of nitrogens with zero attached hydrogens (tertiary/aromatic N) is 3. The van der Waals surface area contributed by atoms with E-state index in [0.29, 0.717) is 5.96 Å². The number of aliphatic imine (C=N–C) groups is 1. The molecule has 0 aliphatic carbocycles. The van der Waals surface area contributed by atoms with E-state index in [1.807, 2.05) is 13.1 Å². The Kier molecular flexibility index (Phi) is 8.96. The predicted octanol–water partition coefficient (Wildman–Crippen LogP) is 0.710. The Morgan fingerprint density at radius 1 is 1.67 bits per heavy atom. The van der Waals surface area contributed by atoms with Crippen molar-refractivity contribution in [2.24, 2.45) is 4.99 Å². The molecule has 0 amide bonds. The number of H-pyrrole nitrogens is 1. The van der Waals surface area contributed by atoms with Gasteiger partial charge in [0.2, 0.25) is 5.96 Å². The van der Waals surface area contributed by atoms with Crippen molar-refractivity contribution in [1.82, 2.24) is 20.6 Å². The number of rotatable bonds is 5. The highest BCUT2D eigenvalue weighted by molar-refractivity contribution is 7.98. The molecule has 0 unspecified atom stereocenters. The summed E-state index contributed by atoms with van der Waals surface area (Å²) in [7, 11) is 1.63. The van der Waals surface area contributed by atoms with Gasteiger partial charge in [0.15, 0.2) is 6.19 Å². The topological polar surface area (TPSA) is 88.9 Å². The Labute approximate surface area is 118 Å². The van der Waals surface area contributed by atoms with E-state index in [2.05, 4.69) is 25.6 Å². The van der Waals surface area contributed by atoms with Crippen molar-refractivity contribution in [1.29, 1.82) is 5.26 Å². The largest absolute Gasteiger partial charge is 0.355 e. The first-order valence-corrected chi connectivity index (χ1v) is 6.35. The van der Waals surface area contributed by atoms with Crippen LogP contribution >= 0.6 is 25.3 Å². The second-order valence-electron chi connectivity index (χ2n) is 3.26. The van der Waals surface area contributed by atoms with Crippen LogP contribution in [0, 0.1) is 18.4 Å². The first-order chi connectivity index (χ1) is 8.27. The highest BCUT2D eigenvalue weighted by Gasteiger charge is 2.00. The van der Waals surface area contributed by atoms with Gasteiger partial charge in [-0.3, -0.25) is 10.3 Å². The molecule has 3 N–H and O–H groups in total. The van der Waals surface area contributed by atoms with Crippen LogP contribution in [0.1, 0.15) is 11.4 Å². The first kappa shape index (κ1) is 16.7. The van der Waals surface area contributed by atoms with E-state index >= 15 is 0 Å². The molecule has 6 nitrogen and oxygen atoms in total. The second kappa shape index (κ2) is 9.67. The van der Waals surface area contributed by atoms with Crippen LogP contribution in [0.5, 0.6) is 0 Å². The SMILES string of the molecule is CN=C(NC#N)NCCSCc1nc[nH]c1C.S. The minimum absolute atomic E-state index is 0. The summed E-state index contributed by atoms with van der Waals surface area (Å²) in [6.07, 6.45) is 3.54. The summed E-state index contributed by atoms with van der Waals surface area (Å²) in [6.45, 7) is 2.77. The van der Waals surface area contributed by atoms with E-state index in [1.165, 1.54) is 0 Å². The molecule has 0 saturated heterocycles. The number of aryl methyl sites for hydroxylation is 1. The standard InChI is InChI=1S/C10H16N6S.H2S/c1-8-9(16-7-15-8)5-17-4-3-13-10(12-2)14-6-11;/h7H,3-5H2,1-2H3,(H,15,16)(H2,12,13,14);1H2. The van der Waals surface area contributed by atoms with Crippen molar-refractivity contribution < 1.29 is 0 Å². The fourth-order valence-electron chi connectivity index (χ4n) is 1.18. The lowest BCUT2D eigenvalue weighted by Gasteiger charge is -2.06. The van der Waals surface area contributed by atoms with Crippen LogP contribution in [0.15, 0.2) is 11.3 Å². The van der Waals surface area contributed by atoms with Crippen molar-refractivity contribution >= 4 is 31.2 Å². The van der Waals surface area contributed by atoms with Crippen LogP contribution in [0.2, 0.25) is 0 Å². The van der Waals surface area contributed by atoms with Gasteiger partial charge in [-0.2, -0.15) is 30.5 Å². The smallest absolute Gasteiger partial charge is 0.204 e. The lowest BCUT2D eigenvalue weighted by Crippen LogP contribution is -2.35. The molecule has 0 bridgehead atoms. The highest BCUT2D eigenvalue weighted by atomic mass is 32.2. The maximum atomic E-state index is 8.43. The molecule has 0 radical (unpaired) electrons. The molecule has 0 fully saturated rings. The van der Waals surface area contributed by atoms with Crippen LogP contribution in [-0.4, -0.2) is 35.3 Å². The number of nitrogens with one attached hydrogen (secondary N) is 3. The fraction of sp³-hybridized carbons (Fsp3) is 0.500. The molecule has 1 heterocycles. The average molecular weight is 286 g/mol. The van der Waals surface area contributed by atoms with Gasteiger partial charge in [-0.05, 0) is 6.92 Å². The van der Waals surface area contributed by atoms with Crippen LogP contribution in [-0.2, 0) is 5.75 Å². The van der Waals surface area contributed by atoms with Gasteiger partial charge in [-0.15, -0.1) is 0 Å². The predicted molar refractivity (Wildman–Crippen MR) is 80.0 cm³/mol. The number of imidazole rings is 1. The lowest BCUT2D eigenvalue weighted by atomic mass is 10.4. The average Bonchev–Trinajstić information content (AvgIpc) is 2.73. The molecular formula is C10H18N6S2. The molecule has 1 aromatic heterocycles. The van der Waals surface area contributed by atoms with Crippen molar-refractivity contribution in [3.8, 4) is 6.19 Å². The fourth-order valence-corrected chi connectivity index (χ4v) is 2.05. The zero-order chi connectivity index (χ0) is 12.5. The molecule has 0 aromatic carbocycles. The number of aromatic amines is 1. The molecule has 1 rings (SSSR count). The number of nitriles is 1. The monoisotopic (exact) mass is 286 g/mol. The number of aromatic nitrogens is 2. The van der Waals surface area contributed by atoms with Crippen molar-refractivity contribution in [3.05, 3.63) is 17.7 Å². The van der Waals surface area contributed by atoms with Gasteiger partial charge >= 0.3 is 0 Å². The van der Waals surface area contributed by atoms with Crippen molar-refractivity contribution in [2.45, 2.75) is 12.7 Å². The van der Waals surface area contributed by atoms with Crippen molar-refractivity contribution in [3.63, 3.8) is 0 Å². The third-order valence-electron chi connectivity index (χ3n) is 2.11. The number of thioether (sulfide) groups is 1. The minimum Gasteiger partial charge on any atom is -0.355 e. The molecule has 1 aromatic rings. The van der Waals surface area contributed by atoms with E-state index < -0.39 is 0 Å². The van der Waals surface area contributed by atoms with E-state index in [4.69, 9.17) is 5.26 Å². The Hall–Kier alpha value is -1.33. The maximum Gasteiger partial charge on any atom is 0.204 e. The van der Waals surface area contributed by atoms with Gasteiger partial charge < -0.3 is 10.3 Å². The third-order valence-corrected chi connectivity index (χ3v) is 3.08. The molecule has 0 aliphatic rings. The zero-order valence-electron chi connectivity index (χ0n) is 10.4. The van der Waals surface area contributed by atoms with E-state index in [-0.39, 0.29) is 13.5 Å². The summed E-state index contributed by atoms with van der Waals surface area (Å²) in [6, 6.07) is 0. The Morgan fingerprint density at radius 3 is 3.00 bits per heavy atom. The van der Waals surface area contributed by atoms with Crippen molar-refractivity contribution in [2.75, 3.05) is 19.3 Å². The first-order valence-electron chi connectivity index (χ1n) is 5.20. The Balaban J connectivity index is 0.00000289. The molecular weight excluding hydrogens is 268 g/mol. The van der Waals surface area contributed by atoms with E-state index in [0.717, 1.165) is 29.4 Å². The number of guanidine groups is 1. The second-order valence-corrected chi connectivity index (χ2v) is 4.37. The molecule has 100 valence electrons. The lowest BCUT2D eigenvalue weighted by molar-refractivity contribution is 0.930. The quantitative estimate of drug-likeness (QED) is 0.244. The van der Waals surface area contributed by atoms with Crippen LogP contribution in [0.3, 0.4) is 0 Å². The summed E-state index contributed by atoms with van der Waals surface area (Å²) < 4.78 is 0. The summed E-state index contributed by atoms with van der Waals surface area (Å²) >= 11 is 1.79. The molecule has 0 spiro atoms. The molecule has 0 atom stereocenters. The minimum atomic E-state index is 0. The Morgan fingerprint density at radius 2 is 2.44 bits per heavy atom. The van der Waals surface area contributed by atoms with Gasteiger partial charge in [0.25, 0.3) is 0 Å². The third kappa shape index (κ3) is 5.84. The van der Waals surface area contributed by atoms with Gasteiger partial charge in [0, 0.05) is 30.8 Å². The normalized spacial score (nSPS) is 10.4. The zero-order valence-corrected chi connectivity index (χ0v) is 12.3. The maximum absolute atomic E-state index is 8.43. The van der Waals surface area contributed by atoms with Crippen LogP contribution in [0.4, 0.5) is 0 Å². The van der Waals surface area contributed by atoms with E-state index in [1.54, 1.807) is 25.1 Å². The van der Waals surface area contributed by atoms with E-state index in [9.17, 15) is 0 Å². The highest BCUT2D eigenvalue weighted by Crippen LogP contribution is 2.11. The summed E-state index contributed by atoms with van der Waals surface area (Å²) in [5.74, 6) is 2.32. The summed E-state index contributed by atoms with van der Waals surface area (Å²) in [4.78, 5) is 11.2. The van der Waals surface area contributed by atoms with Crippen LogP contribution < -0.4 is 10.6 Å². The Bertz CT molecular complexity index is 409. The van der Waals surface area contributed by atoms with Gasteiger partial charge in [0.1, 0.15) is 0 Å². The van der Waals surface area contributed by atoms with Gasteiger partial charge in [-0.25, -0.2) is 4.98 Å². The number of hydrogen-bond acceptors (Lipinski definition) is 4. The van der Waals surface area contributed by atoms with Gasteiger partial charge in [0.05, 0.1) is 12.0 Å². The van der Waals surface area contributed by atoms with Crippen LogP contribution in [0.25, 0.3) is 0 Å². The van der Waals surface area contributed by atoms with Gasteiger partial charge in [-0.1, -0.05) is 0 Å². The molecule has 8 heteroatoms. The summed E-state index contributed by atoms with van der Waals surface area (Å²) in [5, 5.41) is 13.9. The number of hydrogen-bond donors (Lipinski definition) is 3. The summed E-state index contributed by atoms with van der Waals surface area (Å²) in [5.41, 5.74) is 2.21.